The lowest BCUT2D eigenvalue weighted by molar-refractivity contribution is 0.785. The Morgan fingerprint density at radius 1 is 1.28 bits per heavy atom. The fourth-order valence-electron chi connectivity index (χ4n) is 2.30. The third-order valence-corrected chi connectivity index (χ3v) is 3.58. The van der Waals surface area contributed by atoms with E-state index >= 15 is 0 Å². The summed E-state index contributed by atoms with van der Waals surface area (Å²) in [5, 5.41) is 4.61. The van der Waals surface area contributed by atoms with E-state index in [4.69, 9.17) is 5.73 Å². The lowest BCUT2D eigenvalue weighted by Gasteiger charge is -2.07. The van der Waals surface area contributed by atoms with E-state index in [2.05, 4.69) is 47.0 Å². The van der Waals surface area contributed by atoms with Crippen LogP contribution in [0.4, 0.5) is 0 Å². The predicted molar refractivity (Wildman–Crippen MR) is 72.8 cm³/mol. The Morgan fingerprint density at radius 3 is 2.56 bits per heavy atom. The molecule has 1 aromatic heterocycles. The van der Waals surface area contributed by atoms with Crippen LogP contribution < -0.4 is 5.73 Å². The Kier molecular flexibility index (Phi) is 2.92. The molecule has 1 heterocycles. The van der Waals surface area contributed by atoms with Gasteiger partial charge in [-0.2, -0.15) is 5.10 Å². The van der Waals surface area contributed by atoms with Crippen molar-refractivity contribution in [2.24, 2.45) is 5.73 Å². The molecule has 0 bridgehead atoms. The quantitative estimate of drug-likeness (QED) is 0.894. The topological polar surface area (TPSA) is 43.8 Å². The van der Waals surface area contributed by atoms with E-state index in [-0.39, 0.29) is 0 Å². The zero-order valence-electron chi connectivity index (χ0n) is 10.8. The van der Waals surface area contributed by atoms with Crippen LogP contribution in [-0.4, -0.2) is 9.78 Å². The SMILES string of the molecule is CCc1ccc(-n2nc(CN)cc2C2CC2)cc1. The molecule has 1 aromatic carbocycles. The molecule has 0 spiro atoms. The molecule has 3 heteroatoms. The Hall–Kier alpha value is -1.61. The third kappa shape index (κ3) is 2.06. The number of aryl methyl sites for hydroxylation is 1. The maximum absolute atomic E-state index is 5.70. The molecule has 3 rings (SSSR count). The molecule has 0 unspecified atom stereocenters. The number of nitrogens with two attached hydrogens (primary N) is 1. The van der Waals surface area contributed by atoms with Crippen LogP contribution in [-0.2, 0) is 13.0 Å². The third-order valence-electron chi connectivity index (χ3n) is 3.58. The molecule has 0 atom stereocenters. The molecular weight excluding hydrogens is 222 g/mol. The molecule has 3 nitrogen and oxygen atoms in total. The van der Waals surface area contributed by atoms with E-state index in [1.165, 1.54) is 24.1 Å². The molecule has 1 aliphatic carbocycles. The first-order valence-corrected chi connectivity index (χ1v) is 6.70. The summed E-state index contributed by atoms with van der Waals surface area (Å²) in [6.45, 7) is 2.69. The monoisotopic (exact) mass is 241 g/mol. The fraction of sp³-hybridized carbons (Fsp3) is 0.400. The van der Waals surface area contributed by atoms with Crippen molar-refractivity contribution in [2.75, 3.05) is 0 Å². The second kappa shape index (κ2) is 4.58. The minimum absolute atomic E-state index is 0.514. The van der Waals surface area contributed by atoms with Gasteiger partial charge in [-0.15, -0.1) is 0 Å². The van der Waals surface area contributed by atoms with Crippen molar-refractivity contribution < 1.29 is 0 Å². The van der Waals surface area contributed by atoms with Gasteiger partial charge >= 0.3 is 0 Å². The van der Waals surface area contributed by atoms with Gasteiger partial charge in [-0.05, 0) is 43.0 Å². The number of aromatic nitrogens is 2. The highest BCUT2D eigenvalue weighted by Crippen LogP contribution is 2.41. The lowest BCUT2D eigenvalue weighted by Crippen LogP contribution is -2.03. The lowest BCUT2D eigenvalue weighted by atomic mass is 10.1. The Labute approximate surface area is 108 Å². The van der Waals surface area contributed by atoms with E-state index in [9.17, 15) is 0 Å². The van der Waals surface area contributed by atoms with E-state index < -0.39 is 0 Å². The standard InChI is InChI=1S/C15H19N3/c1-2-11-3-7-14(8-4-11)18-15(12-5-6-12)9-13(10-16)17-18/h3-4,7-9,12H,2,5-6,10,16H2,1H3. The summed E-state index contributed by atoms with van der Waals surface area (Å²) in [6, 6.07) is 10.8. The van der Waals surface area contributed by atoms with Crippen LogP contribution in [0.5, 0.6) is 0 Å². The average Bonchev–Trinajstić information content (AvgIpc) is 3.18. The number of hydrogen-bond acceptors (Lipinski definition) is 2. The Balaban J connectivity index is 2.00. The zero-order chi connectivity index (χ0) is 12.5. The molecule has 1 aliphatic rings. The van der Waals surface area contributed by atoms with Crippen LogP contribution in [0.25, 0.3) is 5.69 Å². The molecule has 94 valence electrons. The van der Waals surface area contributed by atoms with E-state index in [0.717, 1.165) is 17.8 Å². The Morgan fingerprint density at radius 2 is 2.00 bits per heavy atom. The van der Waals surface area contributed by atoms with Gasteiger partial charge in [-0.25, -0.2) is 4.68 Å². The number of rotatable bonds is 4. The van der Waals surface area contributed by atoms with Gasteiger partial charge in [0, 0.05) is 18.2 Å². The maximum Gasteiger partial charge on any atom is 0.0767 e. The van der Waals surface area contributed by atoms with Crippen molar-refractivity contribution in [3.63, 3.8) is 0 Å². The highest BCUT2D eigenvalue weighted by Gasteiger charge is 2.28. The van der Waals surface area contributed by atoms with E-state index in [0.29, 0.717) is 12.5 Å². The van der Waals surface area contributed by atoms with Crippen LogP contribution in [0.2, 0.25) is 0 Å². The van der Waals surface area contributed by atoms with Crippen LogP contribution in [0.3, 0.4) is 0 Å². The van der Waals surface area contributed by atoms with E-state index in [1.807, 2.05) is 0 Å². The van der Waals surface area contributed by atoms with E-state index in [1.54, 1.807) is 0 Å². The first kappa shape index (κ1) is 11.5. The molecule has 1 fully saturated rings. The van der Waals surface area contributed by atoms with Gasteiger partial charge in [-0.3, -0.25) is 0 Å². The molecule has 0 saturated heterocycles. The van der Waals surface area contributed by atoms with Gasteiger partial charge in [0.15, 0.2) is 0 Å². The van der Waals surface area contributed by atoms with Crippen LogP contribution >= 0.6 is 0 Å². The molecule has 0 amide bonds. The normalized spacial score (nSPS) is 15.0. The zero-order valence-corrected chi connectivity index (χ0v) is 10.8. The highest BCUT2D eigenvalue weighted by atomic mass is 15.3. The summed E-state index contributed by atoms with van der Waals surface area (Å²) in [5.74, 6) is 0.684. The highest BCUT2D eigenvalue weighted by molar-refractivity contribution is 5.38. The first-order valence-electron chi connectivity index (χ1n) is 6.70. The van der Waals surface area contributed by atoms with Crippen molar-refractivity contribution in [2.45, 2.75) is 38.6 Å². The van der Waals surface area contributed by atoms with Crippen molar-refractivity contribution in [1.29, 1.82) is 0 Å². The largest absolute Gasteiger partial charge is 0.325 e. The summed E-state index contributed by atoms with van der Waals surface area (Å²) in [7, 11) is 0. The smallest absolute Gasteiger partial charge is 0.0767 e. The first-order chi connectivity index (χ1) is 8.81. The van der Waals surface area contributed by atoms with Gasteiger partial charge < -0.3 is 5.73 Å². The van der Waals surface area contributed by atoms with Crippen molar-refractivity contribution in [3.05, 3.63) is 47.3 Å². The molecule has 2 aromatic rings. The summed E-state index contributed by atoms with van der Waals surface area (Å²) >= 11 is 0. The predicted octanol–water partition coefficient (Wildman–Crippen LogP) is 2.77. The molecule has 18 heavy (non-hydrogen) atoms. The summed E-state index contributed by atoms with van der Waals surface area (Å²) < 4.78 is 2.07. The minimum atomic E-state index is 0.514. The Bertz CT molecular complexity index is 535. The van der Waals surface area contributed by atoms with Gasteiger partial charge in [0.1, 0.15) is 0 Å². The summed E-state index contributed by atoms with van der Waals surface area (Å²) in [5.41, 5.74) is 10.5. The molecule has 0 aliphatic heterocycles. The number of hydrogen-bond donors (Lipinski definition) is 1. The van der Waals surface area contributed by atoms with Crippen molar-refractivity contribution in [1.82, 2.24) is 9.78 Å². The summed E-state index contributed by atoms with van der Waals surface area (Å²) in [4.78, 5) is 0. The molecule has 2 N–H and O–H groups in total. The van der Waals surface area contributed by atoms with Gasteiger partial charge in [0.2, 0.25) is 0 Å². The molecule has 0 radical (unpaired) electrons. The van der Waals surface area contributed by atoms with Crippen molar-refractivity contribution in [3.8, 4) is 5.69 Å². The summed E-state index contributed by atoms with van der Waals surface area (Å²) in [6.07, 6.45) is 3.63. The minimum Gasteiger partial charge on any atom is -0.325 e. The molecular formula is C15H19N3. The fourth-order valence-corrected chi connectivity index (χ4v) is 2.30. The maximum atomic E-state index is 5.70. The van der Waals surface area contributed by atoms with Gasteiger partial charge in [0.25, 0.3) is 0 Å². The van der Waals surface area contributed by atoms with Crippen LogP contribution in [0, 0.1) is 0 Å². The van der Waals surface area contributed by atoms with Gasteiger partial charge in [-0.1, -0.05) is 19.1 Å². The van der Waals surface area contributed by atoms with Crippen LogP contribution in [0.1, 0.15) is 42.6 Å². The average molecular weight is 241 g/mol. The van der Waals surface area contributed by atoms with Gasteiger partial charge in [0.05, 0.1) is 11.4 Å². The second-order valence-electron chi connectivity index (χ2n) is 4.97. The number of nitrogens with zero attached hydrogens (tertiary/aromatic N) is 2. The van der Waals surface area contributed by atoms with Crippen LogP contribution in [0.15, 0.2) is 30.3 Å². The second-order valence-corrected chi connectivity index (χ2v) is 4.97. The van der Waals surface area contributed by atoms with Crippen molar-refractivity contribution >= 4 is 0 Å². The molecule has 1 saturated carbocycles. The number of benzene rings is 1.